The van der Waals surface area contributed by atoms with E-state index in [1.807, 2.05) is 27.7 Å². The Kier molecular flexibility index (Phi) is 2.70. The molecule has 1 heterocycles. The number of hydrogen-bond acceptors (Lipinski definition) is 2. The first-order chi connectivity index (χ1) is 6.11. The molecule has 2 atom stereocenters. The second kappa shape index (κ2) is 3.17. The zero-order valence-electron chi connectivity index (χ0n) is 9.86. The van der Waals surface area contributed by atoms with Crippen LogP contribution >= 0.6 is 0 Å². The van der Waals surface area contributed by atoms with Gasteiger partial charge in [0, 0.05) is 12.5 Å². The molecule has 0 spiro atoms. The van der Waals surface area contributed by atoms with Gasteiger partial charge in [-0.05, 0) is 41.0 Å². The maximum absolute atomic E-state index is 14.2. The number of halogens is 1. The van der Waals surface area contributed by atoms with Gasteiger partial charge in [-0.25, -0.2) is 4.39 Å². The Morgan fingerprint density at radius 3 is 2.21 bits per heavy atom. The molecule has 0 aliphatic carbocycles. The lowest BCUT2D eigenvalue weighted by Crippen LogP contribution is -2.46. The summed E-state index contributed by atoms with van der Waals surface area (Å²) in [6.07, 6.45) is 0.726. The van der Waals surface area contributed by atoms with Crippen molar-refractivity contribution in [3.05, 3.63) is 0 Å². The van der Waals surface area contributed by atoms with Crippen LogP contribution in [0.2, 0.25) is 0 Å². The summed E-state index contributed by atoms with van der Waals surface area (Å²) in [7, 11) is 0. The molecule has 0 aromatic carbocycles. The standard InChI is InChI=1S/C11H22FNO/c1-9(2)6-8(10(3,4)14-9)11(5,12)7-13/h8H,6-7,13H2,1-5H3. The van der Waals surface area contributed by atoms with Crippen LogP contribution < -0.4 is 5.73 Å². The fraction of sp³-hybridized carbons (Fsp3) is 1.00. The molecule has 1 aliphatic rings. The van der Waals surface area contributed by atoms with Crippen molar-refractivity contribution in [2.24, 2.45) is 11.7 Å². The Labute approximate surface area is 86.0 Å². The van der Waals surface area contributed by atoms with E-state index in [1.165, 1.54) is 0 Å². The van der Waals surface area contributed by atoms with E-state index in [0.29, 0.717) is 0 Å². The molecule has 84 valence electrons. The van der Waals surface area contributed by atoms with Crippen molar-refractivity contribution in [2.45, 2.75) is 57.9 Å². The lowest BCUT2D eigenvalue weighted by Gasteiger charge is -2.34. The molecular weight excluding hydrogens is 181 g/mol. The molecule has 0 bridgehead atoms. The lowest BCUT2D eigenvalue weighted by molar-refractivity contribution is -0.0906. The Morgan fingerprint density at radius 1 is 1.43 bits per heavy atom. The minimum atomic E-state index is -1.34. The molecule has 2 nitrogen and oxygen atoms in total. The smallest absolute Gasteiger partial charge is 0.126 e. The van der Waals surface area contributed by atoms with Gasteiger partial charge >= 0.3 is 0 Å². The van der Waals surface area contributed by atoms with E-state index in [4.69, 9.17) is 10.5 Å². The molecule has 0 radical (unpaired) electrons. The fourth-order valence-electron chi connectivity index (χ4n) is 2.64. The second-order valence-electron chi connectivity index (χ2n) is 5.70. The molecule has 2 unspecified atom stereocenters. The molecule has 0 aromatic heterocycles. The minimum Gasteiger partial charge on any atom is -0.369 e. The number of hydrogen-bond donors (Lipinski definition) is 1. The number of rotatable bonds is 2. The Morgan fingerprint density at radius 2 is 1.93 bits per heavy atom. The SMILES string of the molecule is CC1(C)CC(C(C)(F)CN)C(C)(C)O1. The number of ether oxygens (including phenoxy) is 1. The van der Waals surface area contributed by atoms with Crippen molar-refractivity contribution in [2.75, 3.05) is 6.54 Å². The summed E-state index contributed by atoms with van der Waals surface area (Å²) in [5, 5.41) is 0. The Bertz CT molecular complexity index is 223. The fourth-order valence-corrected chi connectivity index (χ4v) is 2.64. The van der Waals surface area contributed by atoms with Crippen LogP contribution in [-0.4, -0.2) is 23.4 Å². The topological polar surface area (TPSA) is 35.2 Å². The minimum absolute atomic E-state index is 0.0561. The van der Waals surface area contributed by atoms with E-state index in [9.17, 15) is 4.39 Å². The molecule has 1 rings (SSSR count). The van der Waals surface area contributed by atoms with Crippen molar-refractivity contribution >= 4 is 0 Å². The first-order valence-corrected chi connectivity index (χ1v) is 5.20. The molecule has 0 amide bonds. The van der Waals surface area contributed by atoms with Gasteiger partial charge in [-0.2, -0.15) is 0 Å². The molecule has 3 heteroatoms. The summed E-state index contributed by atoms with van der Waals surface area (Å²) in [6.45, 7) is 9.52. The number of nitrogens with two attached hydrogens (primary N) is 1. The van der Waals surface area contributed by atoms with Crippen LogP contribution in [0.4, 0.5) is 4.39 Å². The molecular formula is C11H22FNO. The van der Waals surface area contributed by atoms with E-state index < -0.39 is 11.3 Å². The molecule has 0 saturated carbocycles. The van der Waals surface area contributed by atoms with Gasteiger partial charge in [-0.15, -0.1) is 0 Å². The van der Waals surface area contributed by atoms with Gasteiger partial charge in [0.05, 0.1) is 11.2 Å². The number of alkyl halides is 1. The first-order valence-electron chi connectivity index (χ1n) is 5.20. The zero-order chi connectivity index (χ0) is 11.2. The Hall–Kier alpha value is -0.150. The average Bonchev–Trinajstić information content (AvgIpc) is 2.19. The molecule has 1 saturated heterocycles. The van der Waals surface area contributed by atoms with Crippen molar-refractivity contribution in [1.82, 2.24) is 0 Å². The van der Waals surface area contributed by atoms with Crippen molar-refractivity contribution in [3.8, 4) is 0 Å². The van der Waals surface area contributed by atoms with Gasteiger partial charge in [0.25, 0.3) is 0 Å². The Balaban J connectivity index is 2.91. The highest BCUT2D eigenvalue weighted by Gasteiger charge is 2.53. The average molecular weight is 203 g/mol. The van der Waals surface area contributed by atoms with Crippen molar-refractivity contribution < 1.29 is 9.13 Å². The first kappa shape index (κ1) is 11.9. The van der Waals surface area contributed by atoms with Crippen molar-refractivity contribution in [1.29, 1.82) is 0 Å². The third-order valence-electron chi connectivity index (χ3n) is 3.20. The van der Waals surface area contributed by atoms with E-state index in [0.717, 1.165) is 6.42 Å². The summed E-state index contributed by atoms with van der Waals surface area (Å²) >= 11 is 0. The van der Waals surface area contributed by atoms with Crippen LogP contribution in [0.5, 0.6) is 0 Å². The van der Waals surface area contributed by atoms with Crippen LogP contribution in [0, 0.1) is 5.92 Å². The highest BCUT2D eigenvalue weighted by molar-refractivity contribution is 5.02. The summed E-state index contributed by atoms with van der Waals surface area (Å²) in [5.74, 6) is -0.130. The van der Waals surface area contributed by atoms with Crippen molar-refractivity contribution in [3.63, 3.8) is 0 Å². The zero-order valence-corrected chi connectivity index (χ0v) is 9.86. The van der Waals surface area contributed by atoms with E-state index >= 15 is 0 Å². The maximum atomic E-state index is 14.2. The van der Waals surface area contributed by atoms with Crippen LogP contribution in [0.3, 0.4) is 0 Å². The largest absolute Gasteiger partial charge is 0.369 e. The molecule has 1 aliphatic heterocycles. The predicted octanol–water partition coefficient (Wildman–Crippen LogP) is 2.27. The third kappa shape index (κ3) is 2.09. The quantitative estimate of drug-likeness (QED) is 0.747. The third-order valence-corrected chi connectivity index (χ3v) is 3.20. The second-order valence-corrected chi connectivity index (χ2v) is 5.70. The summed E-state index contributed by atoms with van der Waals surface area (Å²) in [6, 6.07) is 0. The summed E-state index contributed by atoms with van der Waals surface area (Å²) < 4.78 is 20.0. The van der Waals surface area contributed by atoms with Gasteiger partial charge in [0.15, 0.2) is 0 Å². The molecule has 0 aromatic rings. The van der Waals surface area contributed by atoms with Gasteiger partial charge < -0.3 is 10.5 Å². The van der Waals surface area contributed by atoms with E-state index in [1.54, 1.807) is 6.92 Å². The molecule has 1 fully saturated rings. The molecule has 14 heavy (non-hydrogen) atoms. The van der Waals surface area contributed by atoms with Gasteiger partial charge in [0.2, 0.25) is 0 Å². The highest BCUT2D eigenvalue weighted by Crippen LogP contribution is 2.47. The van der Waals surface area contributed by atoms with Crippen LogP contribution in [0.25, 0.3) is 0 Å². The van der Waals surface area contributed by atoms with Gasteiger partial charge in [-0.3, -0.25) is 0 Å². The highest BCUT2D eigenvalue weighted by atomic mass is 19.1. The van der Waals surface area contributed by atoms with E-state index in [2.05, 4.69) is 0 Å². The molecule has 2 N–H and O–H groups in total. The monoisotopic (exact) mass is 203 g/mol. The normalized spacial score (nSPS) is 34.1. The predicted molar refractivity (Wildman–Crippen MR) is 55.9 cm³/mol. The van der Waals surface area contributed by atoms with Crippen LogP contribution in [0.1, 0.15) is 41.0 Å². The summed E-state index contributed by atoms with van der Waals surface area (Å²) in [5.41, 5.74) is 3.47. The van der Waals surface area contributed by atoms with Crippen LogP contribution in [-0.2, 0) is 4.74 Å². The lowest BCUT2D eigenvalue weighted by atomic mass is 9.76. The van der Waals surface area contributed by atoms with Crippen LogP contribution in [0.15, 0.2) is 0 Å². The van der Waals surface area contributed by atoms with Gasteiger partial charge in [-0.1, -0.05) is 0 Å². The van der Waals surface area contributed by atoms with E-state index in [-0.39, 0.29) is 18.1 Å². The van der Waals surface area contributed by atoms with Gasteiger partial charge in [0.1, 0.15) is 5.67 Å². The maximum Gasteiger partial charge on any atom is 0.126 e. The summed E-state index contributed by atoms with van der Waals surface area (Å²) in [4.78, 5) is 0.